The van der Waals surface area contributed by atoms with Gasteiger partial charge in [0.25, 0.3) is 0 Å². The maximum atomic E-state index is 6.10. The van der Waals surface area contributed by atoms with Crippen molar-refractivity contribution in [3.05, 3.63) is 11.5 Å². The lowest BCUT2D eigenvalue weighted by Gasteiger charge is -2.46. The molecule has 0 unspecified atom stereocenters. The van der Waals surface area contributed by atoms with Gasteiger partial charge in [0.1, 0.15) is 0 Å². The van der Waals surface area contributed by atoms with E-state index in [1.54, 1.807) is 0 Å². The Morgan fingerprint density at radius 3 is 2.62 bits per heavy atom. The van der Waals surface area contributed by atoms with Gasteiger partial charge in [0.05, 0.1) is 11.9 Å². The van der Waals surface area contributed by atoms with Crippen LogP contribution in [0, 0.1) is 5.41 Å². The minimum Gasteiger partial charge on any atom is -0.370 e. The molecule has 1 spiro atoms. The average molecular weight is 307 g/mol. The lowest BCUT2D eigenvalue weighted by molar-refractivity contribution is 0.149. The van der Waals surface area contributed by atoms with Gasteiger partial charge >= 0.3 is 0 Å². The molecule has 1 aliphatic heterocycles. The number of nitrogens with zero attached hydrogens (tertiary/aromatic N) is 4. The van der Waals surface area contributed by atoms with Gasteiger partial charge in [-0.1, -0.05) is 19.3 Å². The summed E-state index contributed by atoms with van der Waals surface area (Å²) in [6.07, 6.45) is 11.2. The fourth-order valence-electron chi connectivity index (χ4n) is 4.41. The van der Waals surface area contributed by atoms with E-state index >= 15 is 0 Å². The molecular formula is C16H23ClN4. The summed E-state index contributed by atoms with van der Waals surface area (Å²) in [5, 5.41) is 0.370. The minimum absolute atomic E-state index is 0.370. The van der Waals surface area contributed by atoms with Crippen LogP contribution in [0.4, 0.5) is 11.5 Å². The second kappa shape index (κ2) is 5.01. The minimum atomic E-state index is 0.370. The second-order valence-corrected chi connectivity index (χ2v) is 7.46. The Morgan fingerprint density at radius 2 is 1.95 bits per heavy atom. The Bertz CT molecular complexity index is 537. The first-order valence-corrected chi connectivity index (χ1v) is 8.55. The van der Waals surface area contributed by atoms with Crippen LogP contribution >= 0.6 is 11.6 Å². The number of hydrogen-bond donors (Lipinski definition) is 0. The molecule has 2 heterocycles. The van der Waals surface area contributed by atoms with Gasteiger partial charge in [-0.15, -0.1) is 0 Å². The van der Waals surface area contributed by atoms with E-state index in [1.807, 2.05) is 6.20 Å². The Labute approximate surface area is 131 Å². The first-order valence-electron chi connectivity index (χ1n) is 8.17. The largest absolute Gasteiger partial charge is 0.370 e. The molecule has 4 nitrogen and oxygen atoms in total. The van der Waals surface area contributed by atoms with E-state index in [2.05, 4.69) is 26.8 Å². The van der Waals surface area contributed by atoms with Gasteiger partial charge in [-0.25, -0.2) is 4.98 Å². The van der Waals surface area contributed by atoms with Crippen molar-refractivity contribution in [3.63, 3.8) is 0 Å². The molecule has 1 aromatic rings. The SMILES string of the molecule is CN1CC2(CCC2)CN(C2CCCC2)c2nc(Cl)ncc21. The van der Waals surface area contributed by atoms with Crippen molar-refractivity contribution in [2.75, 3.05) is 29.9 Å². The summed E-state index contributed by atoms with van der Waals surface area (Å²) in [6.45, 7) is 2.26. The van der Waals surface area contributed by atoms with Crippen LogP contribution in [0.5, 0.6) is 0 Å². The maximum Gasteiger partial charge on any atom is 0.224 e. The van der Waals surface area contributed by atoms with Crippen LogP contribution in [-0.2, 0) is 0 Å². The summed E-state index contributed by atoms with van der Waals surface area (Å²) in [5.74, 6) is 1.06. The standard InChI is InChI=1S/C16H23ClN4/c1-20-10-16(7-4-8-16)11-21(12-5-2-3-6-12)14-13(20)9-18-15(17)19-14/h9,12H,2-8,10-11H2,1H3. The molecule has 0 bridgehead atoms. The average Bonchev–Trinajstić information content (AvgIpc) is 2.91. The highest BCUT2D eigenvalue weighted by Gasteiger charge is 2.44. The molecule has 5 heteroatoms. The summed E-state index contributed by atoms with van der Waals surface area (Å²) in [4.78, 5) is 13.8. The normalized spacial score (nSPS) is 24.9. The Kier molecular flexibility index (Phi) is 3.25. The third-order valence-corrected chi connectivity index (χ3v) is 5.84. The number of anilines is 2. The van der Waals surface area contributed by atoms with E-state index in [1.165, 1.54) is 44.9 Å². The summed E-state index contributed by atoms with van der Waals surface area (Å²) in [7, 11) is 2.17. The van der Waals surface area contributed by atoms with Crippen LogP contribution < -0.4 is 9.80 Å². The number of halogens is 1. The molecule has 1 aromatic heterocycles. The molecule has 2 fully saturated rings. The van der Waals surface area contributed by atoms with Crippen LogP contribution in [0.3, 0.4) is 0 Å². The molecule has 0 aromatic carbocycles. The van der Waals surface area contributed by atoms with Gasteiger partial charge in [0, 0.05) is 31.6 Å². The first kappa shape index (κ1) is 13.6. The van der Waals surface area contributed by atoms with Gasteiger partial charge < -0.3 is 9.80 Å². The van der Waals surface area contributed by atoms with Crippen LogP contribution in [-0.4, -0.2) is 36.1 Å². The summed E-state index contributed by atoms with van der Waals surface area (Å²) in [6, 6.07) is 0.638. The Hall–Kier alpha value is -1.03. The van der Waals surface area contributed by atoms with Crippen molar-refractivity contribution < 1.29 is 0 Å². The highest BCUT2D eigenvalue weighted by Crippen LogP contribution is 2.48. The fourth-order valence-corrected chi connectivity index (χ4v) is 4.54. The van der Waals surface area contributed by atoms with Crippen LogP contribution in [0.15, 0.2) is 6.20 Å². The molecule has 0 atom stereocenters. The Balaban J connectivity index is 1.77. The summed E-state index contributed by atoms with van der Waals surface area (Å²) < 4.78 is 0. The van der Waals surface area contributed by atoms with Crippen molar-refractivity contribution in [1.29, 1.82) is 0 Å². The van der Waals surface area contributed by atoms with E-state index < -0.39 is 0 Å². The van der Waals surface area contributed by atoms with Crippen molar-refractivity contribution in [2.45, 2.75) is 51.0 Å². The quantitative estimate of drug-likeness (QED) is 0.743. The Morgan fingerprint density at radius 1 is 1.19 bits per heavy atom. The van der Waals surface area contributed by atoms with E-state index in [9.17, 15) is 0 Å². The van der Waals surface area contributed by atoms with E-state index in [0.29, 0.717) is 16.7 Å². The molecule has 2 saturated carbocycles. The van der Waals surface area contributed by atoms with Gasteiger partial charge in [-0.05, 0) is 37.3 Å². The zero-order valence-corrected chi connectivity index (χ0v) is 13.4. The molecule has 0 radical (unpaired) electrons. The van der Waals surface area contributed by atoms with Gasteiger partial charge in [0.15, 0.2) is 5.82 Å². The van der Waals surface area contributed by atoms with Crippen molar-refractivity contribution in [2.24, 2.45) is 5.41 Å². The van der Waals surface area contributed by atoms with Gasteiger partial charge in [-0.2, -0.15) is 4.98 Å². The number of aromatic nitrogens is 2. The van der Waals surface area contributed by atoms with Crippen LogP contribution in [0.2, 0.25) is 5.28 Å². The van der Waals surface area contributed by atoms with Gasteiger partial charge in [0.2, 0.25) is 5.28 Å². The molecule has 0 amide bonds. The smallest absolute Gasteiger partial charge is 0.224 e. The molecular weight excluding hydrogens is 284 g/mol. The third kappa shape index (κ3) is 2.28. The highest BCUT2D eigenvalue weighted by molar-refractivity contribution is 6.28. The molecule has 0 N–H and O–H groups in total. The number of hydrogen-bond acceptors (Lipinski definition) is 4. The van der Waals surface area contributed by atoms with Crippen molar-refractivity contribution in [3.8, 4) is 0 Å². The summed E-state index contributed by atoms with van der Waals surface area (Å²) in [5.41, 5.74) is 1.60. The van der Waals surface area contributed by atoms with Crippen molar-refractivity contribution >= 4 is 23.1 Å². The summed E-state index contributed by atoms with van der Waals surface area (Å²) >= 11 is 6.10. The lowest BCUT2D eigenvalue weighted by atomic mass is 9.68. The highest BCUT2D eigenvalue weighted by atomic mass is 35.5. The topological polar surface area (TPSA) is 32.3 Å². The zero-order valence-electron chi connectivity index (χ0n) is 12.7. The first-order chi connectivity index (χ1) is 10.2. The molecule has 3 aliphatic rings. The zero-order chi connectivity index (χ0) is 14.4. The molecule has 114 valence electrons. The second-order valence-electron chi connectivity index (χ2n) is 7.12. The molecule has 4 rings (SSSR count). The number of fused-ring (bicyclic) bond motifs is 1. The maximum absolute atomic E-state index is 6.10. The molecule has 21 heavy (non-hydrogen) atoms. The predicted molar refractivity (Wildman–Crippen MR) is 86.2 cm³/mol. The molecule has 2 aliphatic carbocycles. The van der Waals surface area contributed by atoms with Crippen molar-refractivity contribution in [1.82, 2.24) is 9.97 Å². The van der Waals surface area contributed by atoms with Crippen LogP contribution in [0.1, 0.15) is 44.9 Å². The van der Waals surface area contributed by atoms with E-state index in [0.717, 1.165) is 24.6 Å². The van der Waals surface area contributed by atoms with Gasteiger partial charge in [-0.3, -0.25) is 0 Å². The fraction of sp³-hybridized carbons (Fsp3) is 0.750. The van der Waals surface area contributed by atoms with Crippen LogP contribution in [0.25, 0.3) is 0 Å². The van der Waals surface area contributed by atoms with E-state index in [-0.39, 0.29) is 0 Å². The van der Waals surface area contributed by atoms with E-state index in [4.69, 9.17) is 11.6 Å². The predicted octanol–water partition coefficient (Wildman–Crippen LogP) is 3.50. The monoisotopic (exact) mass is 306 g/mol. The molecule has 0 saturated heterocycles. The third-order valence-electron chi connectivity index (χ3n) is 5.66. The lowest BCUT2D eigenvalue weighted by Crippen LogP contribution is -2.49. The number of rotatable bonds is 1.